The first-order chi connectivity index (χ1) is 10.2. The van der Waals surface area contributed by atoms with E-state index in [1.54, 1.807) is 6.92 Å². The summed E-state index contributed by atoms with van der Waals surface area (Å²) in [6.45, 7) is 3.21. The Morgan fingerprint density at radius 1 is 1.05 bits per heavy atom. The van der Waals surface area contributed by atoms with E-state index in [9.17, 15) is 9.59 Å². The molecule has 0 spiro atoms. The minimum absolute atomic E-state index is 0.134. The second-order valence-corrected chi connectivity index (χ2v) is 6.56. The van der Waals surface area contributed by atoms with Gasteiger partial charge in [-0.25, -0.2) is 4.79 Å². The Hall–Kier alpha value is -0.680. The Bertz CT molecular complexity index is 623. The van der Waals surface area contributed by atoms with Crippen molar-refractivity contribution < 1.29 is 14.3 Å². The van der Waals surface area contributed by atoms with Crippen LogP contribution in [-0.2, 0) is 27.2 Å². The van der Waals surface area contributed by atoms with Gasteiger partial charge in [-0.3, -0.25) is 4.79 Å². The molecular weight excluding hydrogens is 372 g/mol. The van der Waals surface area contributed by atoms with Gasteiger partial charge in [-0.1, -0.05) is 46.4 Å². The van der Waals surface area contributed by atoms with Gasteiger partial charge in [0.15, 0.2) is 0 Å². The number of carbonyl (C=O) groups is 2. The summed E-state index contributed by atoms with van der Waals surface area (Å²) >= 11 is 24.6. The average Bonchev–Trinajstić information content (AvgIpc) is 2.83. The van der Waals surface area contributed by atoms with Crippen LogP contribution in [0.5, 0.6) is 0 Å². The number of fused-ring (bicyclic) bond motifs is 1. The van der Waals surface area contributed by atoms with Crippen molar-refractivity contribution in [3.8, 4) is 0 Å². The molecular formula is C14H13Cl4NO3. The summed E-state index contributed by atoms with van der Waals surface area (Å²) in [5.74, 6) is -0.897. The molecule has 1 amide bonds. The summed E-state index contributed by atoms with van der Waals surface area (Å²) in [6.07, 6.45) is 0.298. The van der Waals surface area contributed by atoms with Crippen molar-refractivity contribution in [1.29, 1.82) is 0 Å². The number of amides is 1. The maximum atomic E-state index is 12.4. The lowest BCUT2D eigenvalue weighted by atomic mass is 9.95. The third-order valence-corrected chi connectivity index (χ3v) is 5.39. The summed E-state index contributed by atoms with van der Waals surface area (Å²) in [5.41, 5.74) is -0.0448. The molecule has 0 aromatic heterocycles. The minimum atomic E-state index is -1.24. The van der Waals surface area contributed by atoms with Gasteiger partial charge in [0.25, 0.3) is 0 Å². The predicted octanol–water partition coefficient (Wildman–Crippen LogP) is 3.84. The zero-order valence-corrected chi connectivity index (χ0v) is 14.9. The van der Waals surface area contributed by atoms with E-state index in [0.29, 0.717) is 11.1 Å². The lowest BCUT2D eigenvalue weighted by Crippen LogP contribution is -2.55. The van der Waals surface area contributed by atoms with E-state index in [1.807, 2.05) is 0 Å². The van der Waals surface area contributed by atoms with E-state index < -0.39 is 11.5 Å². The fourth-order valence-corrected chi connectivity index (χ4v) is 3.71. The number of halogens is 4. The summed E-state index contributed by atoms with van der Waals surface area (Å²) in [4.78, 5) is 23.9. The highest BCUT2D eigenvalue weighted by Gasteiger charge is 2.48. The number of ether oxygens (including phenoxy) is 1. The van der Waals surface area contributed by atoms with Crippen molar-refractivity contribution in [1.82, 2.24) is 5.32 Å². The minimum Gasteiger partial charge on any atom is -0.464 e. The van der Waals surface area contributed by atoms with Crippen molar-refractivity contribution in [2.24, 2.45) is 0 Å². The first kappa shape index (κ1) is 17.7. The lowest BCUT2D eigenvalue weighted by molar-refractivity contribution is -0.152. The van der Waals surface area contributed by atoms with Crippen LogP contribution >= 0.6 is 46.4 Å². The average molecular weight is 385 g/mol. The summed E-state index contributed by atoms with van der Waals surface area (Å²) in [5, 5.41) is 3.41. The number of rotatable bonds is 3. The lowest BCUT2D eigenvalue weighted by Gasteiger charge is -2.27. The number of carbonyl (C=O) groups excluding carboxylic acids is 2. The molecule has 0 saturated heterocycles. The fourth-order valence-electron chi connectivity index (χ4n) is 2.65. The van der Waals surface area contributed by atoms with Crippen molar-refractivity contribution in [2.75, 3.05) is 6.61 Å². The molecule has 0 fully saturated rings. The van der Waals surface area contributed by atoms with E-state index in [2.05, 4.69) is 5.32 Å². The SMILES string of the molecule is CCOC(=O)C1(NC(C)=O)Cc2c(Cl)c(Cl)c(Cl)c(Cl)c2C1. The van der Waals surface area contributed by atoms with Gasteiger partial charge in [-0.2, -0.15) is 0 Å². The molecule has 8 heteroatoms. The largest absolute Gasteiger partial charge is 0.464 e. The smallest absolute Gasteiger partial charge is 0.332 e. The van der Waals surface area contributed by atoms with E-state index in [4.69, 9.17) is 51.1 Å². The van der Waals surface area contributed by atoms with E-state index >= 15 is 0 Å². The standard InChI is InChI=1S/C14H13Cl4NO3/c1-3-22-13(21)14(19-6(2)20)4-7-8(5-14)10(16)12(18)11(17)9(7)15/h3-5H2,1-2H3,(H,19,20). The highest BCUT2D eigenvalue weighted by Crippen LogP contribution is 2.47. The maximum absolute atomic E-state index is 12.4. The third-order valence-electron chi connectivity index (χ3n) is 3.51. The molecule has 0 unspecified atom stereocenters. The maximum Gasteiger partial charge on any atom is 0.332 e. The molecule has 1 aromatic carbocycles. The normalized spacial score (nSPS) is 15.4. The number of nitrogens with one attached hydrogen (secondary N) is 1. The Morgan fingerprint density at radius 2 is 1.50 bits per heavy atom. The molecule has 1 aliphatic rings. The van der Waals surface area contributed by atoms with Crippen LogP contribution in [0.4, 0.5) is 0 Å². The van der Waals surface area contributed by atoms with Crippen LogP contribution < -0.4 is 5.32 Å². The van der Waals surface area contributed by atoms with E-state index in [0.717, 1.165) is 0 Å². The number of hydrogen-bond donors (Lipinski definition) is 1. The molecule has 0 heterocycles. The topological polar surface area (TPSA) is 55.4 Å². The second-order valence-electron chi connectivity index (χ2n) is 5.05. The van der Waals surface area contributed by atoms with Gasteiger partial charge in [0.1, 0.15) is 5.54 Å². The third kappa shape index (κ3) is 2.90. The van der Waals surface area contributed by atoms with Crippen LogP contribution in [-0.4, -0.2) is 24.0 Å². The summed E-state index contributed by atoms with van der Waals surface area (Å²) in [6, 6.07) is 0. The van der Waals surface area contributed by atoms with Gasteiger partial charge >= 0.3 is 5.97 Å². The van der Waals surface area contributed by atoms with Gasteiger partial charge in [0.2, 0.25) is 5.91 Å². The molecule has 120 valence electrons. The molecule has 4 nitrogen and oxygen atoms in total. The van der Waals surface area contributed by atoms with Gasteiger partial charge in [0.05, 0.1) is 26.7 Å². The monoisotopic (exact) mass is 383 g/mol. The molecule has 0 saturated carbocycles. The van der Waals surface area contributed by atoms with Crippen LogP contribution in [0, 0.1) is 0 Å². The molecule has 1 N–H and O–H groups in total. The first-order valence-corrected chi connectivity index (χ1v) is 8.04. The zero-order chi connectivity index (χ0) is 16.7. The van der Waals surface area contributed by atoms with E-state index in [1.165, 1.54) is 6.92 Å². The Balaban J connectivity index is 2.55. The Labute approximate surface area is 148 Å². The highest BCUT2D eigenvalue weighted by atomic mass is 35.5. The summed E-state index contributed by atoms with van der Waals surface area (Å²) < 4.78 is 5.10. The molecule has 1 aliphatic carbocycles. The number of hydrogen-bond acceptors (Lipinski definition) is 3. The van der Waals surface area contributed by atoms with Crippen molar-refractivity contribution in [2.45, 2.75) is 32.2 Å². The van der Waals surface area contributed by atoms with Gasteiger partial charge in [-0.15, -0.1) is 0 Å². The molecule has 0 bridgehead atoms. The van der Waals surface area contributed by atoms with Crippen LogP contribution in [0.25, 0.3) is 0 Å². The van der Waals surface area contributed by atoms with E-state index in [-0.39, 0.29) is 45.4 Å². The van der Waals surface area contributed by atoms with Gasteiger partial charge in [-0.05, 0) is 18.1 Å². The molecule has 0 radical (unpaired) electrons. The van der Waals surface area contributed by atoms with Crippen LogP contribution in [0.15, 0.2) is 0 Å². The van der Waals surface area contributed by atoms with Crippen LogP contribution in [0.2, 0.25) is 20.1 Å². The number of benzene rings is 1. The zero-order valence-electron chi connectivity index (χ0n) is 11.9. The molecule has 1 aromatic rings. The molecule has 2 rings (SSSR count). The fraction of sp³-hybridized carbons (Fsp3) is 0.429. The van der Waals surface area contributed by atoms with Crippen LogP contribution in [0.3, 0.4) is 0 Å². The van der Waals surface area contributed by atoms with Crippen molar-refractivity contribution in [3.63, 3.8) is 0 Å². The van der Waals surface area contributed by atoms with Gasteiger partial charge < -0.3 is 10.1 Å². The molecule has 0 atom stereocenters. The van der Waals surface area contributed by atoms with Gasteiger partial charge in [0, 0.05) is 19.8 Å². The Kier molecular flexibility index (Phi) is 5.17. The highest BCUT2D eigenvalue weighted by molar-refractivity contribution is 6.52. The predicted molar refractivity (Wildman–Crippen MR) is 87.1 cm³/mol. The van der Waals surface area contributed by atoms with Crippen LogP contribution in [0.1, 0.15) is 25.0 Å². The second kappa shape index (κ2) is 6.44. The number of esters is 1. The molecule has 0 aliphatic heterocycles. The summed E-state index contributed by atoms with van der Waals surface area (Å²) in [7, 11) is 0. The van der Waals surface area contributed by atoms with Crippen molar-refractivity contribution in [3.05, 3.63) is 31.2 Å². The molecule has 22 heavy (non-hydrogen) atoms. The van der Waals surface area contributed by atoms with Crippen molar-refractivity contribution >= 4 is 58.3 Å². The quantitative estimate of drug-likeness (QED) is 0.489. The first-order valence-electron chi connectivity index (χ1n) is 6.53. The Morgan fingerprint density at radius 3 is 1.86 bits per heavy atom.